The second kappa shape index (κ2) is 10.7. The number of anilines is 3. The van der Waals surface area contributed by atoms with E-state index in [1.807, 2.05) is 11.0 Å². The topological polar surface area (TPSA) is 155 Å². The zero-order valence-corrected chi connectivity index (χ0v) is 24.1. The molecular weight excluding hydrogens is 568 g/mol. The van der Waals surface area contributed by atoms with Gasteiger partial charge in [0.15, 0.2) is 0 Å². The molecule has 0 aliphatic carbocycles. The quantitative estimate of drug-likeness (QED) is 0.447. The number of carbonyl (C=O) groups is 1. The average molecular weight is 597 g/mol. The minimum atomic E-state index is -3.83. The maximum absolute atomic E-state index is 13.5. The lowest BCUT2D eigenvalue weighted by atomic mass is 10.1. The highest BCUT2D eigenvalue weighted by Gasteiger charge is 2.33. The number of amides is 1. The first-order chi connectivity index (χ1) is 19.4. The van der Waals surface area contributed by atoms with Gasteiger partial charge < -0.3 is 14.8 Å². The Labute approximate surface area is 238 Å². The van der Waals surface area contributed by atoms with Gasteiger partial charge in [0.2, 0.25) is 20.0 Å². The standard InChI is InChI=1S/C27H28N6O6S2/c1-30(40(2,36)37)24-6-4-3-5-22(24)27(35)33-10-9-20-17-21(7-8-23(20)33)41(38,39)32-13-11-31(12-14-32)25-15-19(18-28)16-26(34)29-25/h3-8,15-17H,9-14H2,1-2H3,(H,29,34). The first-order valence-corrected chi connectivity index (χ1v) is 16.1. The van der Waals surface area contributed by atoms with Gasteiger partial charge in [0.25, 0.3) is 11.5 Å². The molecule has 1 saturated heterocycles. The van der Waals surface area contributed by atoms with Gasteiger partial charge in [0.1, 0.15) is 5.82 Å². The lowest BCUT2D eigenvalue weighted by Crippen LogP contribution is -2.49. The summed E-state index contributed by atoms with van der Waals surface area (Å²) in [6, 6.07) is 15.9. The molecule has 0 unspecified atom stereocenters. The lowest BCUT2D eigenvalue weighted by molar-refractivity contribution is 0.0990. The van der Waals surface area contributed by atoms with Crippen LogP contribution in [0.1, 0.15) is 21.5 Å². The van der Waals surface area contributed by atoms with Gasteiger partial charge in [0, 0.05) is 51.5 Å². The molecule has 1 aromatic heterocycles. The van der Waals surface area contributed by atoms with Crippen LogP contribution in [0.3, 0.4) is 0 Å². The number of para-hydroxylation sites is 1. The van der Waals surface area contributed by atoms with Crippen molar-refractivity contribution in [1.29, 1.82) is 5.26 Å². The molecular formula is C27H28N6O6S2. The number of sulfonamides is 2. The number of benzene rings is 2. The van der Waals surface area contributed by atoms with Crippen molar-refractivity contribution in [2.24, 2.45) is 0 Å². The fourth-order valence-electron chi connectivity index (χ4n) is 5.08. The van der Waals surface area contributed by atoms with Gasteiger partial charge in [-0.3, -0.25) is 13.9 Å². The number of H-pyrrole nitrogens is 1. The predicted octanol–water partition coefficient (Wildman–Crippen LogP) is 1.36. The van der Waals surface area contributed by atoms with E-state index >= 15 is 0 Å². The molecule has 1 N–H and O–H groups in total. The summed E-state index contributed by atoms with van der Waals surface area (Å²) in [5.74, 6) is 0.0952. The number of nitrogens with zero attached hydrogens (tertiary/aromatic N) is 5. The Morgan fingerprint density at radius 2 is 1.68 bits per heavy atom. The highest BCUT2D eigenvalue weighted by atomic mass is 32.2. The molecule has 2 aromatic carbocycles. The number of aromatic nitrogens is 1. The van der Waals surface area contributed by atoms with Crippen LogP contribution in [0, 0.1) is 11.3 Å². The van der Waals surface area contributed by atoms with Gasteiger partial charge in [-0.25, -0.2) is 16.8 Å². The fourth-order valence-corrected chi connectivity index (χ4v) is 7.07. The summed E-state index contributed by atoms with van der Waals surface area (Å²) in [5.41, 5.74) is 1.61. The number of hydrogen-bond acceptors (Lipinski definition) is 8. The van der Waals surface area contributed by atoms with Crippen LogP contribution in [0.25, 0.3) is 0 Å². The van der Waals surface area contributed by atoms with E-state index in [-0.39, 0.29) is 40.7 Å². The molecule has 1 fully saturated rings. The predicted molar refractivity (Wildman–Crippen MR) is 154 cm³/mol. The zero-order chi connectivity index (χ0) is 29.5. The second-order valence-electron chi connectivity index (χ2n) is 9.87. The summed E-state index contributed by atoms with van der Waals surface area (Å²) in [6.45, 7) is 1.37. The Kier molecular flexibility index (Phi) is 7.37. The highest BCUT2D eigenvalue weighted by Crippen LogP contribution is 2.34. The van der Waals surface area contributed by atoms with E-state index < -0.39 is 25.6 Å². The SMILES string of the molecule is CN(c1ccccc1C(=O)N1CCc2cc(S(=O)(=O)N3CCN(c4cc(C#N)cc(=O)[nH]4)CC3)ccc21)S(C)(=O)=O. The van der Waals surface area contributed by atoms with Crippen LogP contribution < -0.4 is 19.7 Å². The Balaban J connectivity index is 1.34. The minimum Gasteiger partial charge on any atom is -0.355 e. The monoisotopic (exact) mass is 596 g/mol. The number of rotatable bonds is 6. The number of pyridine rings is 1. The third-order valence-corrected chi connectivity index (χ3v) is 10.4. The molecule has 0 spiro atoms. The summed E-state index contributed by atoms with van der Waals surface area (Å²) in [6.07, 6.45) is 1.51. The van der Waals surface area contributed by atoms with E-state index in [0.29, 0.717) is 43.1 Å². The van der Waals surface area contributed by atoms with Crippen molar-refractivity contribution in [1.82, 2.24) is 9.29 Å². The number of fused-ring (bicyclic) bond motifs is 1. The highest BCUT2D eigenvalue weighted by molar-refractivity contribution is 7.92. The summed E-state index contributed by atoms with van der Waals surface area (Å²) in [7, 11) is -6.03. The minimum absolute atomic E-state index is 0.121. The number of nitrogens with one attached hydrogen (secondary N) is 1. The molecule has 0 saturated carbocycles. The van der Waals surface area contributed by atoms with Crippen LogP contribution in [0.2, 0.25) is 0 Å². The Morgan fingerprint density at radius 1 is 0.976 bits per heavy atom. The number of nitriles is 1. The van der Waals surface area contributed by atoms with Crippen LogP contribution in [-0.4, -0.2) is 78.1 Å². The van der Waals surface area contributed by atoms with Gasteiger partial charge in [-0.1, -0.05) is 12.1 Å². The zero-order valence-electron chi connectivity index (χ0n) is 22.4. The van der Waals surface area contributed by atoms with Gasteiger partial charge in [-0.2, -0.15) is 9.57 Å². The van der Waals surface area contributed by atoms with Crippen LogP contribution >= 0.6 is 0 Å². The van der Waals surface area contributed by atoms with E-state index in [0.717, 1.165) is 10.6 Å². The van der Waals surface area contributed by atoms with Crippen molar-refractivity contribution in [3.05, 3.63) is 81.6 Å². The second-order valence-corrected chi connectivity index (χ2v) is 13.8. The van der Waals surface area contributed by atoms with E-state index in [1.165, 1.54) is 28.4 Å². The molecule has 41 heavy (non-hydrogen) atoms. The molecule has 0 radical (unpaired) electrons. The van der Waals surface area contributed by atoms with Crippen LogP contribution in [0.4, 0.5) is 17.2 Å². The number of aromatic amines is 1. The molecule has 14 heteroatoms. The molecule has 5 rings (SSSR count). The van der Waals surface area contributed by atoms with Crippen molar-refractivity contribution < 1.29 is 21.6 Å². The molecule has 3 heterocycles. The van der Waals surface area contributed by atoms with Crippen molar-refractivity contribution in [2.75, 3.05) is 60.1 Å². The molecule has 3 aromatic rings. The first-order valence-electron chi connectivity index (χ1n) is 12.8. The summed E-state index contributed by atoms with van der Waals surface area (Å²) < 4.78 is 53.7. The summed E-state index contributed by atoms with van der Waals surface area (Å²) >= 11 is 0. The molecule has 2 aliphatic heterocycles. The third kappa shape index (κ3) is 5.43. The Morgan fingerprint density at radius 3 is 2.37 bits per heavy atom. The number of hydrogen-bond donors (Lipinski definition) is 1. The lowest BCUT2D eigenvalue weighted by Gasteiger charge is -2.35. The molecule has 1 amide bonds. The van der Waals surface area contributed by atoms with Crippen LogP contribution in [0.5, 0.6) is 0 Å². The van der Waals surface area contributed by atoms with Crippen LogP contribution in [-0.2, 0) is 26.5 Å². The maximum atomic E-state index is 13.5. The summed E-state index contributed by atoms with van der Waals surface area (Å²) in [5, 5.41) is 9.14. The van der Waals surface area contributed by atoms with E-state index in [2.05, 4.69) is 4.98 Å². The molecule has 12 nitrogen and oxygen atoms in total. The maximum Gasteiger partial charge on any atom is 0.260 e. The molecule has 0 bridgehead atoms. The van der Waals surface area contributed by atoms with Crippen LogP contribution in [0.15, 0.2) is 64.3 Å². The molecule has 214 valence electrons. The summed E-state index contributed by atoms with van der Waals surface area (Å²) in [4.78, 5) is 31.6. The Bertz CT molecular complexity index is 1840. The molecule has 2 aliphatic rings. The van der Waals surface area contributed by atoms with Gasteiger partial charge in [0.05, 0.1) is 34.0 Å². The normalized spacial score (nSPS) is 15.8. The van der Waals surface area contributed by atoms with E-state index in [1.54, 1.807) is 42.5 Å². The Hall–Kier alpha value is -4.19. The van der Waals surface area contributed by atoms with Crippen molar-refractivity contribution in [3.8, 4) is 6.07 Å². The largest absolute Gasteiger partial charge is 0.355 e. The van der Waals surface area contributed by atoms with Crippen molar-refractivity contribution in [2.45, 2.75) is 11.3 Å². The van der Waals surface area contributed by atoms with Gasteiger partial charge >= 0.3 is 0 Å². The number of piperazine rings is 1. The van der Waals surface area contributed by atoms with Crippen molar-refractivity contribution >= 4 is 43.1 Å². The van der Waals surface area contributed by atoms with Crippen molar-refractivity contribution in [3.63, 3.8) is 0 Å². The van der Waals surface area contributed by atoms with Gasteiger partial charge in [-0.05, 0) is 48.4 Å². The van der Waals surface area contributed by atoms with Gasteiger partial charge in [-0.15, -0.1) is 0 Å². The fraction of sp³-hybridized carbons (Fsp3) is 0.296. The average Bonchev–Trinajstić information content (AvgIpc) is 3.39. The van der Waals surface area contributed by atoms with E-state index in [9.17, 15) is 26.4 Å². The molecule has 0 atom stereocenters. The third-order valence-electron chi connectivity index (χ3n) is 7.34. The van der Waals surface area contributed by atoms with E-state index in [4.69, 9.17) is 5.26 Å². The smallest absolute Gasteiger partial charge is 0.260 e. The first kappa shape index (κ1) is 28.3. The number of carbonyl (C=O) groups excluding carboxylic acids is 1.